The van der Waals surface area contributed by atoms with Crippen LogP contribution in [-0.4, -0.2) is 37.1 Å². The fourth-order valence-electron chi connectivity index (χ4n) is 2.63. The zero-order chi connectivity index (χ0) is 11.1. The number of rotatable bonds is 7. The molecule has 0 amide bonds. The third-order valence-corrected chi connectivity index (χ3v) is 3.65. The maximum absolute atomic E-state index is 3.47. The summed E-state index contributed by atoms with van der Waals surface area (Å²) in [6.07, 6.45) is 8.40. The SMILES string of the molecule is CCNC(C)CCCN(C)C1CCCC1. The molecule has 1 aliphatic rings. The first-order valence-electron chi connectivity index (χ1n) is 6.67. The predicted octanol–water partition coefficient (Wildman–Crippen LogP) is 2.64. The van der Waals surface area contributed by atoms with E-state index in [1.807, 2.05) is 0 Å². The van der Waals surface area contributed by atoms with Crippen LogP contribution in [0.3, 0.4) is 0 Å². The van der Waals surface area contributed by atoms with Crippen molar-refractivity contribution >= 4 is 0 Å². The van der Waals surface area contributed by atoms with E-state index < -0.39 is 0 Å². The molecule has 1 rings (SSSR count). The molecule has 0 aliphatic heterocycles. The molecule has 90 valence electrons. The summed E-state index contributed by atoms with van der Waals surface area (Å²) < 4.78 is 0. The van der Waals surface area contributed by atoms with Crippen molar-refractivity contribution < 1.29 is 0 Å². The minimum absolute atomic E-state index is 0.687. The topological polar surface area (TPSA) is 15.3 Å². The van der Waals surface area contributed by atoms with Gasteiger partial charge in [-0.25, -0.2) is 0 Å². The van der Waals surface area contributed by atoms with Crippen LogP contribution in [0.25, 0.3) is 0 Å². The third-order valence-electron chi connectivity index (χ3n) is 3.65. The summed E-state index contributed by atoms with van der Waals surface area (Å²) in [6, 6.07) is 1.58. The second-order valence-corrected chi connectivity index (χ2v) is 5.02. The Morgan fingerprint density at radius 3 is 2.60 bits per heavy atom. The molecule has 1 saturated carbocycles. The molecule has 15 heavy (non-hydrogen) atoms. The predicted molar refractivity (Wildman–Crippen MR) is 67.3 cm³/mol. The molecule has 1 N–H and O–H groups in total. The van der Waals surface area contributed by atoms with Crippen LogP contribution in [0, 0.1) is 0 Å². The van der Waals surface area contributed by atoms with Gasteiger partial charge in [0.15, 0.2) is 0 Å². The van der Waals surface area contributed by atoms with E-state index in [1.165, 1.54) is 45.1 Å². The van der Waals surface area contributed by atoms with Gasteiger partial charge in [0.05, 0.1) is 0 Å². The summed E-state index contributed by atoms with van der Waals surface area (Å²) >= 11 is 0. The molecule has 0 aromatic heterocycles. The lowest BCUT2D eigenvalue weighted by Gasteiger charge is -2.24. The van der Waals surface area contributed by atoms with Gasteiger partial charge in [-0.15, -0.1) is 0 Å². The van der Waals surface area contributed by atoms with Gasteiger partial charge in [-0.2, -0.15) is 0 Å². The van der Waals surface area contributed by atoms with Gasteiger partial charge in [0.1, 0.15) is 0 Å². The lowest BCUT2D eigenvalue weighted by molar-refractivity contribution is 0.237. The Kier molecular flexibility index (Phi) is 6.26. The zero-order valence-electron chi connectivity index (χ0n) is 10.8. The van der Waals surface area contributed by atoms with Crippen LogP contribution in [-0.2, 0) is 0 Å². The van der Waals surface area contributed by atoms with Crippen LogP contribution < -0.4 is 5.32 Å². The molecular weight excluding hydrogens is 184 g/mol. The summed E-state index contributed by atoms with van der Waals surface area (Å²) in [7, 11) is 2.30. The molecule has 0 aromatic carbocycles. The highest BCUT2D eigenvalue weighted by atomic mass is 15.1. The maximum Gasteiger partial charge on any atom is 0.00922 e. The van der Waals surface area contributed by atoms with Crippen LogP contribution in [0.1, 0.15) is 52.4 Å². The highest BCUT2D eigenvalue weighted by Gasteiger charge is 2.18. The maximum atomic E-state index is 3.47. The molecule has 0 spiro atoms. The zero-order valence-corrected chi connectivity index (χ0v) is 10.8. The van der Waals surface area contributed by atoms with Crippen LogP contribution in [0.5, 0.6) is 0 Å². The van der Waals surface area contributed by atoms with E-state index in [2.05, 4.69) is 31.1 Å². The molecular formula is C13H28N2. The summed E-state index contributed by atoms with van der Waals surface area (Å²) in [5.74, 6) is 0. The molecule has 0 heterocycles. The van der Waals surface area contributed by atoms with Gasteiger partial charge in [0.25, 0.3) is 0 Å². The Morgan fingerprint density at radius 2 is 2.00 bits per heavy atom. The highest BCUT2D eigenvalue weighted by molar-refractivity contribution is 4.75. The molecule has 1 atom stereocenters. The lowest BCUT2D eigenvalue weighted by atomic mass is 10.1. The summed E-state index contributed by atoms with van der Waals surface area (Å²) in [6.45, 7) is 6.85. The second kappa shape index (κ2) is 7.24. The van der Waals surface area contributed by atoms with Crippen LogP contribution >= 0.6 is 0 Å². The van der Waals surface area contributed by atoms with Gasteiger partial charge in [-0.1, -0.05) is 19.8 Å². The Bertz CT molecular complexity index is 153. The van der Waals surface area contributed by atoms with Crippen LogP contribution in [0.4, 0.5) is 0 Å². The van der Waals surface area contributed by atoms with E-state index in [0.29, 0.717) is 6.04 Å². The third kappa shape index (κ3) is 4.98. The molecule has 0 aromatic rings. The smallest absolute Gasteiger partial charge is 0.00922 e. The quantitative estimate of drug-likeness (QED) is 0.698. The van der Waals surface area contributed by atoms with E-state index in [-0.39, 0.29) is 0 Å². The van der Waals surface area contributed by atoms with Gasteiger partial charge in [-0.3, -0.25) is 0 Å². The Labute approximate surface area is 95.4 Å². The second-order valence-electron chi connectivity index (χ2n) is 5.02. The van der Waals surface area contributed by atoms with Gasteiger partial charge in [0, 0.05) is 12.1 Å². The monoisotopic (exact) mass is 212 g/mol. The van der Waals surface area contributed by atoms with Crippen molar-refractivity contribution in [2.75, 3.05) is 20.1 Å². The van der Waals surface area contributed by atoms with Gasteiger partial charge in [0.2, 0.25) is 0 Å². The number of hydrogen-bond donors (Lipinski definition) is 1. The Hall–Kier alpha value is -0.0800. The van der Waals surface area contributed by atoms with Crippen LogP contribution in [0.2, 0.25) is 0 Å². The molecule has 0 saturated heterocycles. The van der Waals surface area contributed by atoms with Crippen LogP contribution in [0.15, 0.2) is 0 Å². The molecule has 1 unspecified atom stereocenters. The minimum Gasteiger partial charge on any atom is -0.315 e. The Morgan fingerprint density at radius 1 is 1.33 bits per heavy atom. The molecule has 1 aliphatic carbocycles. The van der Waals surface area contributed by atoms with Crippen molar-refractivity contribution in [2.45, 2.75) is 64.5 Å². The van der Waals surface area contributed by atoms with E-state index >= 15 is 0 Å². The standard InChI is InChI=1S/C13H28N2/c1-4-14-12(2)8-7-11-15(3)13-9-5-6-10-13/h12-14H,4-11H2,1-3H3. The normalized spacial score (nSPS) is 20.0. The molecule has 2 heteroatoms. The first-order valence-corrected chi connectivity index (χ1v) is 6.67. The highest BCUT2D eigenvalue weighted by Crippen LogP contribution is 2.22. The Balaban J connectivity index is 2.03. The number of nitrogens with zero attached hydrogens (tertiary/aromatic N) is 1. The van der Waals surface area contributed by atoms with E-state index in [9.17, 15) is 0 Å². The van der Waals surface area contributed by atoms with Crippen molar-refractivity contribution in [1.29, 1.82) is 0 Å². The minimum atomic E-state index is 0.687. The van der Waals surface area contributed by atoms with E-state index in [1.54, 1.807) is 0 Å². The fraction of sp³-hybridized carbons (Fsp3) is 1.00. The van der Waals surface area contributed by atoms with Gasteiger partial charge < -0.3 is 10.2 Å². The van der Waals surface area contributed by atoms with Gasteiger partial charge >= 0.3 is 0 Å². The van der Waals surface area contributed by atoms with Crippen molar-refractivity contribution in [3.63, 3.8) is 0 Å². The summed E-state index contributed by atoms with van der Waals surface area (Å²) in [5, 5.41) is 3.47. The number of hydrogen-bond acceptors (Lipinski definition) is 2. The molecule has 0 bridgehead atoms. The fourth-order valence-corrected chi connectivity index (χ4v) is 2.63. The van der Waals surface area contributed by atoms with E-state index in [4.69, 9.17) is 0 Å². The van der Waals surface area contributed by atoms with E-state index in [0.717, 1.165) is 12.6 Å². The number of nitrogens with one attached hydrogen (secondary N) is 1. The first-order chi connectivity index (χ1) is 7.24. The molecule has 1 fully saturated rings. The van der Waals surface area contributed by atoms with Crippen molar-refractivity contribution in [3.05, 3.63) is 0 Å². The van der Waals surface area contributed by atoms with Crippen molar-refractivity contribution in [3.8, 4) is 0 Å². The first kappa shape index (κ1) is 13.0. The largest absolute Gasteiger partial charge is 0.315 e. The molecule has 2 nitrogen and oxygen atoms in total. The average Bonchev–Trinajstić information content (AvgIpc) is 2.70. The lowest BCUT2D eigenvalue weighted by Crippen LogP contribution is -2.32. The average molecular weight is 212 g/mol. The molecule has 0 radical (unpaired) electrons. The van der Waals surface area contributed by atoms with Gasteiger partial charge in [-0.05, 0) is 52.7 Å². The summed E-state index contributed by atoms with van der Waals surface area (Å²) in [5.41, 5.74) is 0. The summed E-state index contributed by atoms with van der Waals surface area (Å²) in [4.78, 5) is 2.58. The van der Waals surface area contributed by atoms with Crippen molar-refractivity contribution in [1.82, 2.24) is 10.2 Å². The van der Waals surface area contributed by atoms with Crippen molar-refractivity contribution in [2.24, 2.45) is 0 Å².